The first-order valence-corrected chi connectivity index (χ1v) is 6.93. The molecule has 6 nitrogen and oxygen atoms in total. The summed E-state index contributed by atoms with van der Waals surface area (Å²) in [6, 6.07) is 4.25. The molecule has 0 heterocycles. The maximum atomic E-state index is 11.4. The molecule has 0 aliphatic carbocycles. The zero-order chi connectivity index (χ0) is 13.1. The smallest absolute Gasteiger partial charge is 0.337 e. The minimum atomic E-state index is -3.73. The molecule has 0 atom stereocenters. The maximum Gasteiger partial charge on any atom is 0.337 e. The third-order valence-corrected chi connectivity index (χ3v) is 3.44. The maximum absolute atomic E-state index is 11.4. The quantitative estimate of drug-likeness (QED) is 0.763. The van der Waals surface area contributed by atoms with Gasteiger partial charge < -0.3 is 5.11 Å². The summed E-state index contributed by atoms with van der Waals surface area (Å²) < 4.78 is 27.8. The fourth-order valence-corrected chi connectivity index (χ4v) is 2.43. The van der Waals surface area contributed by atoms with Gasteiger partial charge in [-0.25, -0.2) is 4.79 Å². The second-order valence-electron chi connectivity index (χ2n) is 3.10. The predicted molar refractivity (Wildman–Crippen MR) is 67.3 cm³/mol. The molecule has 94 valence electrons. The van der Waals surface area contributed by atoms with Crippen molar-refractivity contribution in [3.05, 3.63) is 28.2 Å². The average molecular weight is 323 g/mol. The summed E-state index contributed by atoms with van der Waals surface area (Å²) in [7, 11) is -3.73. The zero-order valence-electron chi connectivity index (χ0n) is 8.90. The summed E-state index contributed by atoms with van der Waals surface area (Å²) in [6.45, 7) is 1.84. The molecule has 17 heavy (non-hydrogen) atoms. The van der Waals surface area contributed by atoms with Gasteiger partial charge in [0.05, 0.1) is 11.3 Å². The van der Waals surface area contributed by atoms with E-state index in [-0.39, 0.29) is 17.8 Å². The van der Waals surface area contributed by atoms with Crippen LogP contribution in [0.3, 0.4) is 0 Å². The third kappa shape index (κ3) is 3.99. The molecule has 0 aliphatic rings. The summed E-state index contributed by atoms with van der Waals surface area (Å²) in [4.78, 5) is 10.9. The number of carboxylic acid groups (broad SMARTS) is 1. The first kappa shape index (κ1) is 13.9. The van der Waals surface area contributed by atoms with Gasteiger partial charge in [0, 0.05) is 11.0 Å². The highest BCUT2D eigenvalue weighted by molar-refractivity contribution is 9.10. The van der Waals surface area contributed by atoms with E-state index in [9.17, 15) is 13.2 Å². The fraction of sp³-hybridized carbons (Fsp3) is 0.222. The van der Waals surface area contributed by atoms with E-state index in [1.807, 2.05) is 0 Å². The summed E-state index contributed by atoms with van der Waals surface area (Å²) in [6.07, 6.45) is 0. The summed E-state index contributed by atoms with van der Waals surface area (Å²) in [5.74, 6) is -1.21. The lowest BCUT2D eigenvalue weighted by molar-refractivity contribution is 0.0698. The molecule has 0 spiro atoms. The molecule has 0 bridgehead atoms. The Bertz CT molecular complexity index is 530. The first-order valence-electron chi connectivity index (χ1n) is 4.66. The molecular weight excluding hydrogens is 312 g/mol. The number of anilines is 1. The molecule has 1 rings (SSSR count). The molecule has 0 aliphatic heterocycles. The van der Waals surface area contributed by atoms with E-state index >= 15 is 0 Å². The van der Waals surface area contributed by atoms with Gasteiger partial charge in [-0.15, -0.1) is 0 Å². The Balaban J connectivity index is 3.11. The van der Waals surface area contributed by atoms with Crippen molar-refractivity contribution in [1.82, 2.24) is 4.72 Å². The van der Waals surface area contributed by atoms with Crippen LogP contribution in [-0.4, -0.2) is 26.0 Å². The van der Waals surface area contributed by atoms with Gasteiger partial charge in [0.25, 0.3) is 10.2 Å². The topological polar surface area (TPSA) is 95.5 Å². The van der Waals surface area contributed by atoms with Gasteiger partial charge in [-0.2, -0.15) is 13.1 Å². The number of rotatable bonds is 5. The summed E-state index contributed by atoms with van der Waals surface area (Å²) >= 11 is 3.12. The van der Waals surface area contributed by atoms with Crippen LogP contribution in [0.5, 0.6) is 0 Å². The van der Waals surface area contributed by atoms with Crippen LogP contribution in [0.4, 0.5) is 5.69 Å². The molecule has 0 amide bonds. The largest absolute Gasteiger partial charge is 0.478 e. The average Bonchev–Trinajstić information content (AvgIpc) is 2.20. The van der Waals surface area contributed by atoms with Gasteiger partial charge in [0.15, 0.2) is 0 Å². The fourth-order valence-electron chi connectivity index (χ4n) is 1.15. The van der Waals surface area contributed by atoms with Crippen LogP contribution in [0.1, 0.15) is 17.3 Å². The summed E-state index contributed by atoms with van der Waals surface area (Å²) in [5.41, 5.74) is -0.109. The van der Waals surface area contributed by atoms with Crippen molar-refractivity contribution in [2.75, 3.05) is 11.3 Å². The number of hydrogen-bond acceptors (Lipinski definition) is 3. The Morgan fingerprint density at radius 3 is 2.65 bits per heavy atom. The number of carbonyl (C=O) groups is 1. The lowest BCUT2D eigenvalue weighted by Crippen LogP contribution is -2.30. The SMILES string of the molecule is CCNS(=O)(=O)Nc1ccc(Br)cc1C(=O)O. The highest BCUT2D eigenvalue weighted by atomic mass is 79.9. The minimum absolute atomic E-state index is 0.0154. The number of nitrogens with one attached hydrogen (secondary N) is 2. The minimum Gasteiger partial charge on any atom is -0.478 e. The molecular formula is C9H11BrN2O4S. The number of benzene rings is 1. The molecule has 0 unspecified atom stereocenters. The van der Waals surface area contributed by atoms with Crippen molar-refractivity contribution in [1.29, 1.82) is 0 Å². The lowest BCUT2D eigenvalue weighted by Gasteiger charge is -2.10. The molecule has 8 heteroatoms. The predicted octanol–water partition coefficient (Wildman–Crippen LogP) is 1.41. The van der Waals surface area contributed by atoms with Crippen LogP contribution < -0.4 is 9.44 Å². The van der Waals surface area contributed by atoms with Gasteiger partial charge in [-0.3, -0.25) is 4.72 Å². The van der Waals surface area contributed by atoms with Crippen LogP contribution in [-0.2, 0) is 10.2 Å². The Labute approximate surface area is 107 Å². The normalized spacial score (nSPS) is 11.2. The van der Waals surface area contributed by atoms with Crippen molar-refractivity contribution < 1.29 is 18.3 Å². The first-order chi connectivity index (χ1) is 7.85. The van der Waals surface area contributed by atoms with Crippen molar-refractivity contribution in [3.63, 3.8) is 0 Å². The van der Waals surface area contributed by atoms with Gasteiger partial charge in [-0.05, 0) is 18.2 Å². The molecule has 3 N–H and O–H groups in total. The molecule has 0 aromatic heterocycles. The number of aromatic carboxylic acids is 1. The molecule has 0 radical (unpaired) electrons. The zero-order valence-corrected chi connectivity index (χ0v) is 11.3. The number of halogens is 1. The van der Waals surface area contributed by atoms with Gasteiger partial charge in [0.2, 0.25) is 0 Å². The van der Waals surface area contributed by atoms with E-state index in [0.717, 1.165) is 0 Å². The highest BCUT2D eigenvalue weighted by Gasteiger charge is 2.15. The van der Waals surface area contributed by atoms with Crippen LogP contribution >= 0.6 is 15.9 Å². The monoisotopic (exact) mass is 322 g/mol. The van der Waals surface area contributed by atoms with Gasteiger partial charge in [-0.1, -0.05) is 22.9 Å². The van der Waals surface area contributed by atoms with Crippen LogP contribution in [0.25, 0.3) is 0 Å². The molecule has 0 fully saturated rings. The second-order valence-corrected chi connectivity index (χ2v) is 5.51. The number of hydrogen-bond donors (Lipinski definition) is 3. The number of carboxylic acids is 1. The standard InChI is InChI=1S/C9H11BrN2O4S/c1-2-11-17(15,16)12-8-4-3-6(10)5-7(8)9(13)14/h3-5,11-12H,2H2,1H3,(H,13,14). The Morgan fingerprint density at radius 1 is 1.47 bits per heavy atom. The van der Waals surface area contributed by atoms with E-state index in [1.54, 1.807) is 13.0 Å². The van der Waals surface area contributed by atoms with Gasteiger partial charge in [0.1, 0.15) is 0 Å². The Hall–Kier alpha value is -1.12. The highest BCUT2D eigenvalue weighted by Crippen LogP contribution is 2.21. The van der Waals surface area contributed by atoms with E-state index in [2.05, 4.69) is 25.4 Å². The van der Waals surface area contributed by atoms with Crippen molar-refractivity contribution >= 4 is 37.8 Å². The van der Waals surface area contributed by atoms with Crippen molar-refractivity contribution in [2.45, 2.75) is 6.92 Å². The van der Waals surface area contributed by atoms with Crippen molar-refractivity contribution in [2.24, 2.45) is 0 Å². The van der Waals surface area contributed by atoms with E-state index in [0.29, 0.717) is 4.47 Å². The third-order valence-electron chi connectivity index (χ3n) is 1.79. The second kappa shape index (κ2) is 5.48. The molecule has 0 saturated heterocycles. The Morgan fingerprint density at radius 2 is 2.12 bits per heavy atom. The van der Waals surface area contributed by atoms with E-state index in [4.69, 9.17) is 5.11 Å². The molecule has 1 aromatic rings. The summed E-state index contributed by atoms with van der Waals surface area (Å²) in [5, 5.41) is 8.94. The molecule has 1 aromatic carbocycles. The van der Waals surface area contributed by atoms with Crippen LogP contribution in [0.2, 0.25) is 0 Å². The lowest BCUT2D eigenvalue weighted by atomic mass is 10.2. The van der Waals surface area contributed by atoms with Crippen LogP contribution in [0, 0.1) is 0 Å². The van der Waals surface area contributed by atoms with E-state index < -0.39 is 16.2 Å². The Kier molecular flexibility index (Phi) is 4.49. The molecule has 0 saturated carbocycles. The van der Waals surface area contributed by atoms with E-state index in [1.165, 1.54) is 12.1 Å². The van der Waals surface area contributed by atoms with Crippen molar-refractivity contribution in [3.8, 4) is 0 Å². The van der Waals surface area contributed by atoms with Crippen LogP contribution in [0.15, 0.2) is 22.7 Å². The van der Waals surface area contributed by atoms with Gasteiger partial charge >= 0.3 is 5.97 Å².